The van der Waals surface area contributed by atoms with Gasteiger partial charge < -0.3 is 24.7 Å². The minimum absolute atomic E-state index is 0.226. The summed E-state index contributed by atoms with van der Waals surface area (Å²) >= 11 is 1.26. The number of para-hydroxylation sites is 1. The average molecular weight is 527 g/mol. The van der Waals surface area contributed by atoms with Gasteiger partial charge in [0.2, 0.25) is 5.78 Å². The van der Waals surface area contributed by atoms with E-state index in [4.69, 9.17) is 29.7 Å². The zero-order chi connectivity index (χ0) is 26.8. The SMILES string of the molecule is COc1ccc(C(=O)c2sc3nc(-c4ccccc4)cc(-c4cccc(OC)c4OC)c3c2N)cc1OC. The van der Waals surface area contributed by atoms with Crippen LogP contribution in [0.25, 0.3) is 32.6 Å². The summed E-state index contributed by atoms with van der Waals surface area (Å²) in [5.74, 6) is 1.93. The van der Waals surface area contributed by atoms with Crippen LogP contribution in [0, 0.1) is 0 Å². The van der Waals surface area contributed by atoms with Crippen LogP contribution in [0.4, 0.5) is 5.69 Å². The summed E-state index contributed by atoms with van der Waals surface area (Å²) in [6.07, 6.45) is 0. The smallest absolute Gasteiger partial charge is 0.205 e. The molecule has 0 aliphatic rings. The van der Waals surface area contributed by atoms with Crippen LogP contribution in [-0.2, 0) is 0 Å². The van der Waals surface area contributed by atoms with E-state index in [1.165, 1.54) is 18.4 Å². The first-order chi connectivity index (χ1) is 18.5. The molecule has 0 spiro atoms. The molecule has 3 aromatic carbocycles. The molecule has 0 saturated heterocycles. The van der Waals surface area contributed by atoms with Crippen LogP contribution in [0.5, 0.6) is 23.0 Å². The maximum Gasteiger partial charge on any atom is 0.205 e. The van der Waals surface area contributed by atoms with Gasteiger partial charge in [-0.15, -0.1) is 11.3 Å². The number of hydrogen-bond acceptors (Lipinski definition) is 8. The minimum atomic E-state index is -0.226. The number of hydrogen-bond donors (Lipinski definition) is 1. The fourth-order valence-electron chi connectivity index (χ4n) is 4.47. The first-order valence-electron chi connectivity index (χ1n) is 11.8. The maximum atomic E-state index is 13.7. The Morgan fingerprint density at radius 2 is 1.50 bits per heavy atom. The van der Waals surface area contributed by atoms with Gasteiger partial charge in [-0.3, -0.25) is 4.79 Å². The predicted molar refractivity (Wildman–Crippen MR) is 151 cm³/mol. The molecule has 0 unspecified atom stereocenters. The summed E-state index contributed by atoms with van der Waals surface area (Å²) < 4.78 is 22.0. The van der Waals surface area contributed by atoms with Gasteiger partial charge in [0.25, 0.3) is 0 Å². The quantitative estimate of drug-likeness (QED) is 0.231. The Morgan fingerprint density at radius 3 is 2.18 bits per heavy atom. The zero-order valence-corrected chi connectivity index (χ0v) is 22.2. The lowest BCUT2D eigenvalue weighted by Crippen LogP contribution is -2.03. The van der Waals surface area contributed by atoms with Crippen LogP contribution < -0.4 is 24.7 Å². The lowest BCUT2D eigenvalue weighted by atomic mass is 9.97. The lowest BCUT2D eigenvalue weighted by molar-refractivity contribution is 0.104. The largest absolute Gasteiger partial charge is 0.493 e. The minimum Gasteiger partial charge on any atom is -0.493 e. The molecule has 38 heavy (non-hydrogen) atoms. The highest BCUT2D eigenvalue weighted by atomic mass is 32.1. The first kappa shape index (κ1) is 25.1. The van der Waals surface area contributed by atoms with Crippen molar-refractivity contribution in [1.29, 1.82) is 0 Å². The summed E-state index contributed by atoms with van der Waals surface area (Å²) in [5, 5.41) is 0.685. The molecule has 2 heterocycles. The number of carbonyl (C=O) groups excluding carboxylic acids is 1. The van der Waals surface area contributed by atoms with Crippen molar-refractivity contribution in [1.82, 2.24) is 4.98 Å². The van der Waals surface area contributed by atoms with E-state index >= 15 is 0 Å². The summed E-state index contributed by atoms with van der Waals surface area (Å²) in [6, 6.07) is 22.6. The fourth-order valence-corrected chi connectivity index (χ4v) is 5.55. The molecular formula is C30H26N2O5S. The van der Waals surface area contributed by atoms with E-state index in [9.17, 15) is 4.79 Å². The van der Waals surface area contributed by atoms with Crippen LogP contribution in [0.3, 0.4) is 0 Å². The number of thiophene rings is 1. The number of fused-ring (bicyclic) bond motifs is 1. The third-order valence-corrected chi connectivity index (χ3v) is 7.41. The molecule has 0 bridgehead atoms. The van der Waals surface area contributed by atoms with Gasteiger partial charge in [0, 0.05) is 27.6 Å². The number of methoxy groups -OCH3 is 4. The van der Waals surface area contributed by atoms with Crippen LogP contribution in [-0.4, -0.2) is 39.2 Å². The van der Waals surface area contributed by atoms with Gasteiger partial charge >= 0.3 is 0 Å². The summed E-state index contributed by atoms with van der Waals surface area (Å²) in [5.41, 5.74) is 10.8. The number of benzene rings is 3. The average Bonchev–Trinajstić information content (AvgIpc) is 3.31. The van der Waals surface area contributed by atoms with Crippen molar-refractivity contribution in [2.75, 3.05) is 34.2 Å². The van der Waals surface area contributed by atoms with Crippen molar-refractivity contribution in [3.63, 3.8) is 0 Å². The van der Waals surface area contributed by atoms with Gasteiger partial charge in [0.15, 0.2) is 23.0 Å². The van der Waals surface area contributed by atoms with Crippen molar-refractivity contribution in [3.8, 4) is 45.4 Å². The molecule has 0 aliphatic carbocycles. The number of pyridine rings is 1. The molecule has 0 saturated carbocycles. The second-order valence-electron chi connectivity index (χ2n) is 8.39. The number of ketones is 1. The number of ether oxygens (including phenoxy) is 4. The van der Waals surface area contributed by atoms with E-state index < -0.39 is 0 Å². The molecular weight excluding hydrogens is 500 g/mol. The van der Waals surface area contributed by atoms with Gasteiger partial charge in [0.05, 0.1) is 39.8 Å². The van der Waals surface area contributed by atoms with Crippen LogP contribution in [0.1, 0.15) is 15.2 Å². The topological polar surface area (TPSA) is 92.9 Å². The molecule has 0 aliphatic heterocycles. The molecule has 8 heteroatoms. The normalized spacial score (nSPS) is 10.8. The Kier molecular flexibility index (Phi) is 6.89. The van der Waals surface area contributed by atoms with Crippen molar-refractivity contribution in [2.24, 2.45) is 0 Å². The third kappa shape index (κ3) is 4.29. The van der Waals surface area contributed by atoms with E-state index in [0.29, 0.717) is 49.3 Å². The molecule has 5 aromatic rings. The Labute approximate surface area is 224 Å². The molecule has 0 atom stereocenters. The Hall–Kier alpha value is -4.56. The van der Waals surface area contributed by atoms with Crippen molar-refractivity contribution < 1.29 is 23.7 Å². The van der Waals surface area contributed by atoms with Gasteiger partial charge in [-0.2, -0.15) is 0 Å². The number of nitrogen functional groups attached to an aromatic ring is 1. The molecule has 0 radical (unpaired) electrons. The molecule has 2 N–H and O–H groups in total. The van der Waals surface area contributed by atoms with E-state index in [-0.39, 0.29) is 5.78 Å². The fraction of sp³-hybridized carbons (Fsp3) is 0.133. The molecule has 7 nitrogen and oxygen atoms in total. The van der Waals surface area contributed by atoms with Gasteiger partial charge in [-0.25, -0.2) is 4.98 Å². The Bertz CT molecular complexity index is 1650. The number of rotatable bonds is 8. The first-order valence-corrected chi connectivity index (χ1v) is 12.6. The van der Waals surface area contributed by atoms with Gasteiger partial charge in [0.1, 0.15) is 9.71 Å². The predicted octanol–water partition coefficient (Wildman–Crippen LogP) is 6.48. The second kappa shape index (κ2) is 10.4. The van der Waals surface area contributed by atoms with Crippen LogP contribution in [0.2, 0.25) is 0 Å². The second-order valence-corrected chi connectivity index (χ2v) is 9.39. The van der Waals surface area contributed by atoms with Gasteiger partial charge in [-0.05, 0) is 30.3 Å². The highest BCUT2D eigenvalue weighted by molar-refractivity contribution is 7.21. The highest BCUT2D eigenvalue weighted by Crippen LogP contribution is 2.46. The Balaban J connectivity index is 1.77. The van der Waals surface area contributed by atoms with Crippen molar-refractivity contribution in [3.05, 3.63) is 83.2 Å². The number of anilines is 1. The molecule has 192 valence electrons. The van der Waals surface area contributed by atoms with Crippen LogP contribution >= 0.6 is 11.3 Å². The number of nitrogens with zero attached hydrogens (tertiary/aromatic N) is 1. The number of nitrogens with two attached hydrogens (primary N) is 1. The highest BCUT2D eigenvalue weighted by Gasteiger charge is 2.25. The van der Waals surface area contributed by atoms with Crippen LogP contribution in [0.15, 0.2) is 72.8 Å². The van der Waals surface area contributed by atoms with E-state index in [0.717, 1.165) is 22.4 Å². The molecule has 0 fully saturated rings. The molecule has 2 aromatic heterocycles. The summed E-state index contributed by atoms with van der Waals surface area (Å²) in [6.45, 7) is 0. The van der Waals surface area contributed by atoms with E-state index in [2.05, 4.69) is 0 Å². The summed E-state index contributed by atoms with van der Waals surface area (Å²) in [4.78, 5) is 19.7. The zero-order valence-electron chi connectivity index (χ0n) is 21.4. The monoisotopic (exact) mass is 526 g/mol. The molecule has 5 rings (SSSR count). The molecule has 0 amide bonds. The maximum absolute atomic E-state index is 13.7. The standard InChI is InChI=1S/C30H26N2O5S/c1-34-22-14-13-18(15-24(22)36-3)27(33)29-26(31)25-20(19-11-8-12-23(35-2)28(19)37-4)16-21(32-30(25)38-29)17-9-6-5-7-10-17/h5-16H,31H2,1-4H3. The van der Waals surface area contributed by atoms with E-state index in [1.807, 2.05) is 54.6 Å². The van der Waals surface area contributed by atoms with Crippen molar-refractivity contribution >= 4 is 33.0 Å². The number of carbonyl (C=O) groups is 1. The third-order valence-electron chi connectivity index (χ3n) is 6.31. The Morgan fingerprint density at radius 1 is 0.763 bits per heavy atom. The number of aromatic nitrogens is 1. The van der Waals surface area contributed by atoms with E-state index in [1.54, 1.807) is 39.5 Å². The lowest BCUT2D eigenvalue weighted by Gasteiger charge is -2.15. The van der Waals surface area contributed by atoms with Gasteiger partial charge in [-0.1, -0.05) is 42.5 Å². The van der Waals surface area contributed by atoms with Crippen molar-refractivity contribution in [2.45, 2.75) is 0 Å². The summed E-state index contributed by atoms with van der Waals surface area (Å²) in [7, 11) is 6.27.